The Bertz CT molecular complexity index is 1260. The molecule has 4 heterocycles. The Labute approximate surface area is 209 Å². The fourth-order valence-corrected chi connectivity index (χ4v) is 5.04. The number of aromatic nitrogens is 3. The average Bonchev–Trinajstić information content (AvgIpc) is 3.59. The summed E-state index contributed by atoms with van der Waals surface area (Å²) in [4.78, 5) is 25.3. The van der Waals surface area contributed by atoms with E-state index in [1.54, 1.807) is 25.3 Å². The molecule has 1 aromatic carbocycles. The molecule has 2 N–H and O–H groups in total. The highest BCUT2D eigenvalue weighted by Gasteiger charge is 2.47. The van der Waals surface area contributed by atoms with E-state index in [2.05, 4.69) is 25.6 Å². The third kappa shape index (κ3) is 5.20. The van der Waals surface area contributed by atoms with Crippen LogP contribution in [0.3, 0.4) is 0 Å². The quantitative estimate of drug-likeness (QED) is 0.488. The number of carbonyl (C=O) groups excluding carboxylic acids is 1. The largest absolute Gasteiger partial charge is 0.490 e. The number of hydrogen-bond donors (Lipinski definition) is 2. The Hall–Kier alpha value is -3.09. The van der Waals surface area contributed by atoms with E-state index in [4.69, 9.17) is 9.47 Å². The van der Waals surface area contributed by atoms with E-state index < -0.39 is 23.9 Å². The second-order valence-corrected chi connectivity index (χ2v) is 10.4. The lowest BCUT2D eigenvalue weighted by Gasteiger charge is -2.26. The number of halogens is 3. The molecule has 0 spiro atoms. The van der Waals surface area contributed by atoms with Crippen molar-refractivity contribution in [2.24, 2.45) is 0 Å². The highest BCUT2D eigenvalue weighted by Crippen LogP contribution is 2.34. The minimum atomic E-state index is -4.63. The van der Waals surface area contributed by atoms with Gasteiger partial charge in [0.15, 0.2) is 0 Å². The molecule has 0 radical (unpaired) electrons. The summed E-state index contributed by atoms with van der Waals surface area (Å²) in [5.74, 6) is -1.14. The normalized spacial score (nSPS) is 22.0. The van der Waals surface area contributed by atoms with E-state index in [9.17, 15) is 18.0 Å². The van der Waals surface area contributed by atoms with E-state index in [0.717, 1.165) is 34.3 Å². The maximum atomic E-state index is 13.1. The molecule has 2 bridgehead atoms. The smallest absolute Gasteiger partial charge is 0.451 e. The molecule has 2 saturated heterocycles. The standard InChI is InChI=1S/C24H24F3N5O3S/c1-13-7-28-21(36-13)16-3-15(4-19(5-16)34-12-23-6-18(10-35-23)31-11-23)20(33)32-14(2)17-8-29-22(30-9-17)24(25,26)27/h3-5,7-9,14,18,31H,6,10-12H2,1-2H3,(H,32,33)/t14-,18+,23?/m1/s1. The minimum absolute atomic E-state index is 0.335. The highest BCUT2D eigenvalue weighted by atomic mass is 32.1. The zero-order valence-corrected chi connectivity index (χ0v) is 20.4. The van der Waals surface area contributed by atoms with Gasteiger partial charge in [0.1, 0.15) is 23.0 Å². The van der Waals surface area contributed by atoms with Gasteiger partial charge in [0.05, 0.1) is 12.6 Å². The lowest BCUT2D eigenvalue weighted by atomic mass is 10.0. The number of alkyl halides is 3. The molecule has 8 nitrogen and oxygen atoms in total. The number of aryl methyl sites for hydroxylation is 1. The summed E-state index contributed by atoms with van der Waals surface area (Å²) in [6, 6.07) is 4.92. The van der Waals surface area contributed by atoms with Crippen LogP contribution in [0.5, 0.6) is 5.75 Å². The predicted octanol–water partition coefficient (Wildman–Crippen LogP) is 3.93. The number of benzene rings is 1. The number of nitrogens with zero attached hydrogens (tertiary/aromatic N) is 3. The molecular formula is C24H24F3N5O3S. The van der Waals surface area contributed by atoms with Crippen LogP contribution in [0.1, 0.15) is 46.0 Å². The molecule has 3 atom stereocenters. The van der Waals surface area contributed by atoms with Crippen molar-refractivity contribution < 1.29 is 27.4 Å². The Morgan fingerprint density at radius 1 is 1.28 bits per heavy atom. The SMILES string of the molecule is Cc1cnc(-c2cc(OCC34CN[C@H](CO3)C4)cc(C(=O)N[C@H](C)c3cnc(C(F)(F)F)nc3)c2)s1. The van der Waals surface area contributed by atoms with Crippen LogP contribution in [0.4, 0.5) is 13.2 Å². The Morgan fingerprint density at radius 2 is 2.06 bits per heavy atom. The van der Waals surface area contributed by atoms with Crippen LogP contribution in [0.15, 0.2) is 36.8 Å². The van der Waals surface area contributed by atoms with Gasteiger partial charge < -0.3 is 20.1 Å². The van der Waals surface area contributed by atoms with Gasteiger partial charge in [-0.05, 0) is 38.5 Å². The molecule has 5 rings (SSSR count). The third-order valence-corrected chi connectivity index (χ3v) is 7.20. The molecule has 36 heavy (non-hydrogen) atoms. The van der Waals surface area contributed by atoms with E-state index in [1.807, 2.05) is 13.0 Å². The monoisotopic (exact) mass is 519 g/mol. The van der Waals surface area contributed by atoms with Gasteiger partial charge in [-0.15, -0.1) is 11.3 Å². The van der Waals surface area contributed by atoms with E-state index in [1.165, 1.54) is 11.3 Å². The highest BCUT2D eigenvalue weighted by molar-refractivity contribution is 7.14. The first-order chi connectivity index (χ1) is 17.1. The van der Waals surface area contributed by atoms with Gasteiger partial charge in [-0.25, -0.2) is 15.0 Å². The van der Waals surface area contributed by atoms with Crippen LogP contribution < -0.4 is 15.4 Å². The molecule has 2 aliphatic rings. The first-order valence-electron chi connectivity index (χ1n) is 11.4. The van der Waals surface area contributed by atoms with Crippen LogP contribution in [0.25, 0.3) is 10.6 Å². The van der Waals surface area contributed by atoms with Crippen molar-refractivity contribution in [3.63, 3.8) is 0 Å². The topological polar surface area (TPSA) is 98.3 Å². The van der Waals surface area contributed by atoms with Crippen LogP contribution in [-0.4, -0.2) is 52.3 Å². The number of nitrogens with one attached hydrogen (secondary N) is 2. The summed E-state index contributed by atoms with van der Waals surface area (Å²) in [5, 5.41) is 6.94. The number of thiazole rings is 1. The van der Waals surface area contributed by atoms with Gasteiger partial charge in [0.25, 0.3) is 5.91 Å². The van der Waals surface area contributed by atoms with E-state index in [-0.39, 0.29) is 5.60 Å². The molecule has 12 heteroatoms. The van der Waals surface area contributed by atoms with Gasteiger partial charge in [0.2, 0.25) is 5.82 Å². The first kappa shape index (κ1) is 24.6. The minimum Gasteiger partial charge on any atom is -0.490 e. The summed E-state index contributed by atoms with van der Waals surface area (Å²) >= 11 is 1.50. The van der Waals surface area contributed by atoms with E-state index >= 15 is 0 Å². The van der Waals surface area contributed by atoms with Crippen LogP contribution >= 0.6 is 11.3 Å². The van der Waals surface area contributed by atoms with Crippen molar-refractivity contribution in [3.8, 4) is 16.3 Å². The number of carbonyl (C=O) groups is 1. The maximum Gasteiger partial charge on any atom is 0.451 e. The van der Waals surface area contributed by atoms with Crippen LogP contribution in [0, 0.1) is 6.92 Å². The zero-order chi connectivity index (χ0) is 25.5. The van der Waals surface area contributed by atoms with Crippen molar-refractivity contribution in [1.29, 1.82) is 0 Å². The molecule has 190 valence electrons. The number of amides is 1. The summed E-state index contributed by atoms with van der Waals surface area (Å²) < 4.78 is 50.3. The molecule has 1 unspecified atom stereocenters. The molecule has 0 saturated carbocycles. The second-order valence-electron chi connectivity index (χ2n) is 9.12. The molecule has 1 amide bonds. The van der Waals surface area contributed by atoms with Crippen LogP contribution in [0.2, 0.25) is 0 Å². The second kappa shape index (κ2) is 9.41. The average molecular weight is 520 g/mol. The molecule has 2 aromatic heterocycles. The fraction of sp³-hybridized carbons (Fsp3) is 0.417. The maximum absolute atomic E-state index is 13.1. The summed E-state index contributed by atoms with van der Waals surface area (Å²) in [6.45, 7) is 5.31. The van der Waals surface area contributed by atoms with Gasteiger partial charge in [-0.2, -0.15) is 13.2 Å². The van der Waals surface area contributed by atoms with Crippen molar-refractivity contribution >= 4 is 17.2 Å². The Kier molecular flexibility index (Phi) is 6.43. The number of ether oxygens (including phenoxy) is 2. The lowest BCUT2D eigenvalue weighted by Crippen LogP contribution is -2.43. The summed E-state index contributed by atoms with van der Waals surface area (Å²) in [5.41, 5.74) is 1.04. The molecule has 3 aromatic rings. The van der Waals surface area contributed by atoms with Crippen molar-refractivity contribution in [2.75, 3.05) is 19.8 Å². The Morgan fingerprint density at radius 3 is 2.64 bits per heavy atom. The predicted molar refractivity (Wildman–Crippen MR) is 126 cm³/mol. The van der Waals surface area contributed by atoms with Crippen molar-refractivity contribution in [2.45, 2.75) is 44.1 Å². The van der Waals surface area contributed by atoms with Gasteiger partial charge >= 0.3 is 6.18 Å². The van der Waals surface area contributed by atoms with Gasteiger partial charge in [0, 0.05) is 52.7 Å². The number of hydrogen-bond acceptors (Lipinski definition) is 8. The molecular weight excluding hydrogens is 495 g/mol. The lowest BCUT2D eigenvalue weighted by molar-refractivity contribution is -0.145. The number of rotatable bonds is 7. The third-order valence-electron chi connectivity index (χ3n) is 6.23. The van der Waals surface area contributed by atoms with Gasteiger partial charge in [-0.3, -0.25) is 4.79 Å². The van der Waals surface area contributed by atoms with Gasteiger partial charge in [-0.1, -0.05) is 0 Å². The van der Waals surface area contributed by atoms with Crippen molar-refractivity contribution in [1.82, 2.24) is 25.6 Å². The Balaban J connectivity index is 1.35. The molecule has 2 aliphatic heterocycles. The van der Waals surface area contributed by atoms with Crippen molar-refractivity contribution in [3.05, 3.63) is 58.6 Å². The fourth-order valence-electron chi connectivity index (χ4n) is 4.29. The number of morpholine rings is 1. The first-order valence-corrected chi connectivity index (χ1v) is 12.2. The molecule has 2 fully saturated rings. The zero-order valence-electron chi connectivity index (χ0n) is 19.6. The van der Waals surface area contributed by atoms with E-state index in [0.29, 0.717) is 42.7 Å². The van der Waals surface area contributed by atoms with Crippen LogP contribution in [-0.2, 0) is 10.9 Å². The summed E-state index contributed by atoms with van der Waals surface area (Å²) in [7, 11) is 0. The summed E-state index contributed by atoms with van der Waals surface area (Å²) in [6.07, 6.45) is 0.129. The number of fused-ring (bicyclic) bond motifs is 2. The molecule has 0 aliphatic carbocycles.